The summed E-state index contributed by atoms with van der Waals surface area (Å²) in [4.78, 5) is 9.95. The van der Waals surface area contributed by atoms with E-state index in [1.165, 1.54) is 32.4 Å². The number of hydrogen-bond acceptors (Lipinski definition) is 6. The molecule has 1 N–H and O–H groups in total. The second-order valence-electron chi connectivity index (χ2n) is 5.18. The molecule has 134 valence electrons. The average molecular weight is 366 g/mol. The Hall–Kier alpha value is -2.65. The molecule has 0 unspecified atom stereocenters. The first kappa shape index (κ1) is 18.7. The predicted molar refractivity (Wildman–Crippen MR) is 91.4 cm³/mol. The molecule has 9 heteroatoms. The fraction of sp³-hybridized carbons (Fsp3) is 0.250. The molecule has 0 bridgehead atoms. The number of benzene rings is 2. The van der Waals surface area contributed by atoms with E-state index in [9.17, 15) is 18.5 Å². The molecule has 2 aromatic rings. The van der Waals surface area contributed by atoms with E-state index in [1.807, 2.05) is 0 Å². The number of sulfonamides is 1. The zero-order valence-electron chi connectivity index (χ0n) is 13.9. The van der Waals surface area contributed by atoms with Crippen molar-refractivity contribution in [2.24, 2.45) is 0 Å². The van der Waals surface area contributed by atoms with E-state index in [2.05, 4.69) is 4.72 Å². The van der Waals surface area contributed by atoms with Crippen LogP contribution in [0.2, 0.25) is 0 Å². The van der Waals surface area contributed by atoms with Gasteiger partial charge in [-0.15, -0.1) is 0 Å². The number of nitro benzene ring substituents is 1. The summed E-state index contributed by atoms with van der Waals surface area (Å²) in [6.45, 7) is 1.63. The number of nitrogens with zero attached hydrogens (tertiary/aromatic N) is 1. The lowest BCUT2D eigenvalue weighted by Gasteiger charge is -2.16. The van der Waals surface area contributed by atoms with Gasteiger partial charge in [-0.2, -0.15) is 0 Å². The summed E-state index contributed by atoms with van der Waals surface area (Å²) < 4.78 is 37.9. The highest BCUT2D eigenvalue weighted by Gasteiger charge is 2.27. The van der Waals surface area contributed by atoms with Crippen LogP contribution in [0, 0.1) is 10.1 Å². The number of para-hydroxylation sites is 1. The molecule has 0 heterocycles. The summed E-state index contributed by atoms with van der Waals surface area (Å²) in [6.07, 6.45) is 0. The number of ether oxygens (including phenoxy) is 2. The lowest BCUT2D eigenvalue weighted by molar-refractivity contribution is -0.387. The van der Waals surface area contributed by atoms with E-state index >= 15 is 0 Å². The lowest BCUT2D eigenvalue weighted by Crippen LogP contribution is -2.27. The standard InChI is InChI=1S/C16H18N2O6S/c1-11(12-8-9-14(23-2)15(10-12)24-3)17-25(21,22)16-7-5-4-6-13(16)18(19)20/h4-11,17H,1-3H3/t11-/m0/s1. The molecule has 0 amide bonds. The molecule has 25 heavy (non-hydrogen) atoms. The zero-order valence-corrected chi connectivity index (χ0v) is 14.7. The minimum atomic E-state index is -4.08. The number of nitrogens with one attached hydrogen (secondary N) is 1. The quantitative estimate of drug-likeness (QED) is 0.596. The zero-order chi connectivity index (χ0) is 18.6. The van der Waals surface area contributed by atoms with Gasteiger partial charge < -0.3 is 9.47 Å². The summed E-state index contributed by atoms with van der Waals surface area (Å²) in [5, 5.41) is 11.1. The fourth-order valence-electron chi connectivity index (χ4n) is 2.32. The molecule has 0 spiro atoms. The third-order valence-electron chi connectivity index (χ3n) is 3.59. The van der Waals surface area contributed by atoms with Gasteiger partial charge in [-0.3, -0.25) is 10.1 Å². The van der Waals surface area contributed by atoms with Gasteiger partial charge in [0.15, 0.2) is 16.4 Å². The highest BCUT2D eigenvalue weighted by molar-refractivity contribution is 7.89. The first-order valence-corrected chi connectivity index (χ1v) is 8.76. The van der Waals surface area contributed by atoms with Crippen LogP contribution in [-0.2, 0) is 10.0 Å². The molecule has 1 atom stereocenters. The number of nitro groups is 1. The molecular formula is C16H18N2O6S. The van der Waals surface area contributed by atoms with Crippen LogP contribution < -0.4 is 14.2 Å². The molecule has 0 saturated heterocycles. The molecule has 0 saturated carbocycles. The van der Waals surface area contributed by atoms with Crippen LogP contribution in [0.1, 0.15) is 18.5 Å². The normalized spacial score (nSPS) is 12.4. The van der Waals surface area contributed by atoms with Crippen LogP contribution in [-0.4, -0.2) is 27.6 Å². The Labute approximate surface area is 145 Å². The van der Waals surface area contributed by atoms with E-state index in [1.54, 1.807) is 25.1 Å². The van der Waals surface area contributed by atoms with E-state index in [0.29, 0.717) is 17.1 Å². The SMILES string of the molecule is COc1ccc([C@H](C)NS(=O)(=O)c2ccccc2[N+](=O)[O-])cc1OC. The minimum absolute atomic E-state index is 0.382. The van der Waals surface area contributed by atoms with Gasteiger partial charge >= 0.3 is 0 Å². The monoisotopic (exact) mass is 366 g/mol. The van der Waals surface area contributed by atoms with Gasteiger partial charge in [0.25, 0.3) is 5.69 Å². The molecule has 0 aromatic heterocycles. The number of rotatable bonds is 7. The lowest BCUT2D eigenvalue weighted by atomic mass is 10.1. The van der Waals surface area contributed by atoms with Crippen LogP contribution in [0.25, 0.3) is 0 Å². The Morgan fingerprint density at radius 1 is 1.08 bits per heavy atom. The first-order chi connectivity index (χ1) is 11.8. The molecule has 0 aliphatic carbocycles. The van der Waals surface area contributed by atoms with Crippen molar-refractivity contribution >= 4 is 15.7 Å². The fourth-order valence-corrected chi connectivity index (χ4v) is 3.73. The van der Waals surface area contributed by atoms with Gasteiger partial charge in [0.05, 0.1) is 19.1 Å². The topological polar surface area (TPSA) is 108 Å². The Balaban J connectivity index is 2.34. The highest BCUT2D eigenvalue weighted by atomic mass is 32.2. The summed E-state index contributed by atoms with van der Waals surface area (Å²) >= 11 is 0. The third-order valence-corrected chi connectivity index (χ3v) is 5.18. The molecule has 2 aromatic carbocycles. The second-order valence-corrected chi connectivity index (χ2v) is 6.86. The highest BCUT2D eigenvalue weighted by Crippen LogP contribution is 2.31. The molecule has 8 nitrogen and oxygen atoms in total. The van der Waals surface area contributed by atoms with Crippen LogP contribution in [0.5, 0.6) is 11.5 Å². The average Bonchev–Trinajstić information content (AvgIpc) is 2.60. The van der Waals surface area contributed by atoms with E-state index in [0.717, 1.165) is 6.07 Å². The smallest absolute Gasteiger partial charge is 0.289 e. The van der Waals surface area contributed by atoms with Gasteiger partial charge in [-0.1, -0.05) is 18.2 Å². The molecule has 0 aliphatic rings. The molecule has 0 fully saturated rings. The largest absolute Gasteiger partial charge is 0.493 e. The minimum Gasteiger partial charge on any atom is -0.493 e. The number of methoxy groups -OCH3 is 2. The van der Waals surface area contributed by atoms with Gasteiger partial charge in [-0.25, -0.2) is 13.1 Å². The summed E-state index contributed by atoms with van der Waals surface area (Å²) in [5.74, 6) is 0.969. The van der Waals surface area contributed by atoms with Crippen LogP contribution in [0.4, 0.5) is 5.69 Å². The predicted octanol–water partition coefficient (Wildman–Crippen LogP) is 2.65. The third kappa shape index (κ3) is 4.06. The summed E-state index contributed by atoms with van der Waals surface area (Å²) in [7, 11) is -1.11. The van der Waals surface area contributed by atoms with Crippen molar-refractivity contribution in [2.75, 3.05) is 14.2 Å². The Morgan fingerprint density at radius 2 is 1.72 bits per heavy atom. The van der Waals surface area contributed by atoms with Crippen LogP contribution >= 0.6 is 0 Å². The van der Waals surface area contributed by atoms with E-state index in [4.69, 9.17) is 9.47 Å². The van der Waals surface area contributed by atoms with Crippen molar-refractivity contribution in [3.8, 4) is 11.5 Å². The summed E-state index contributed by atoms with van der Waals surface area (Å²) in [6, 6.07) is 9.54. The van der Waals surface area contributed by atoms with Crippen molar-refractivity contribution in [3.05, 3.63) is 58.1 Å². The van der Waals surface area contributed by atoms with Crippen molar-refractivity contribution in [3.63, 3.8) is 0 Å². The van der Waals surface area contributed by atoms with Crippen molar-refractivity contribution in [1.82, 2.24) is 4.72 Å². The Bertz CT molecular complexity index is 882. The van der Waals surface area contributed by atoms with E-state index < -0.39 is 26.7 Å². The van der Waals surface area contributed by atoms with Crippen LogP contribution in [0.3, 0.4) is 0 Å². The maximum atomic E-state index is 12.5. The van der Waals surface area contributed by atoms with Crippen molar-refractivity contribution in [2.45, 2.75) is 17.9 Å². The molecule has 0 radical (unpaired) electrons. The van der Waals surface area contributed by atoms with Gasteiger partial charge in [0.1, 0.15) is 0 Å². The Morgan fingerprint density at radius 3 is 2.32 bits per heavy atom. The maximum Gasteiger partial charge on any atom is 0.289 e. The van der Waals surface area contributed by atoms with Crippen molar-refractivity contribution < 1.29 is 22.8 Å². The number of hydrogen-bond donors (Lipinski definition) is 1. The molecule has 0 aliphatic heterocycles. The molecule has 2 rings (SSSR count). The molecular weight excluding hydrogens is 348 g/mol. The van der Waals surface area contributed by atoms with Gasteiger partial charge in [-0.05, 0) is 30.7 Å². The van der Waals surface area contributed by atoms with E-state index in [-0.39, 0.29) is 4.90 Å². The second kappa shape index (κ2) is 7.49. The van der Waals surface area contributed by atoms with Gasteiger partial charge in [0.2, 0.25) is 10.0 Å². The first-order valence-electron chi connectivity index (χ1n) is 7.28. The van der Waals surface area contributed by atoms with Crippen molar-refractivity contribution in [1.29, 1.82) is 0 Å². The summed E-state index contributed by atoms with van der Waals surface area (Å²) in [5.41, 5.74) is 0.148. The maximum absolute atomic E-state index is 12.5. The Kier molecular flexibility index (Phi) is 5.60. The van der Waals surface area contributed by atoms with Crippen LogP contribution in [0.15, 0.2) is 47.4 Å². The van der Waals surface area contributed by atoms with Gasteiger partial charge in [0, 0.05) is 12.1 Å².